The minimum atomic E-state index is -0.511. The molecule has 174 valence electrons. The number of carbonyl (C=O) groups excluding carboxylic acids is 2. The molecule has 4 aromatic rings. The number of methoxy groups -OCH3 is 1. The predicted octanol–water partition coefficient (Wildman–Crippen LogP) is 6.03. The number of halogens is 2. The van der Waals surface area contributed by atoms with E-state index in [2.05, 4.69) is 15.5 Å². The number of hydrogen-bond donors (Lipinski definition) is 1. The maximum absolute atomic E-state index is 12.7. The Kier molecular flexibility index (Phi) is 7.57. The first-order valence-electron chi connectivity index (χ1n) is 9.91. The molecule has 1 amide bonds. The largest absolute Gasteiger partial charge is 0.465 e. The van der Waals surface area contributed by atoms with Crippen LogP contribution in [0.25, 0.3) is 22.5 Å². The number of carbonyl (C=O) groups is 2. The van der Waals surface area contributed by atoms with Gasteiger partial charge >= 0.3 is 5.97 Å². The van der Waals surface area contributed by atoms with Gasteiger partial charge in [-0.25, -0.2) is 4.79 Å². The normalized spacial score (nSPS) is 10.8. The van der Waals surface area contributed by atoms with Crippen LogP contribution >= 0.6 is 46.3 Å². The second-order valence-corrected chi connectivity index (χ2v) is 9.68. The van der Waals surface area contributed by atoms with Gasteiger partial charge in [-0.05, 0) is 23.8 Å². The third kappa shape index (κ3) is 5.12. The predicted molar refractivity (Wildman–Crippen MR) is 137 cm³/mol. The second kappa shape index (κ2) is 10.6. The van der Waals surface area contributed by atoms with Gasteiger partial charge in [-0.1, -0.05) is 65.3 Å². The topological polar surface area (TPSA) is 86.1 Å². The molecule has 0 spiro atoms. The van der Waals surface area contributed by atoms with Crippen LogP contribution in [-0.4, -0.2) is 39.5 Å². The summed E-state index contributed by atoms with van der Waals surface area (Å²) in [6, 6.07) is 14.7. The lowest BCUT2D eigenvalue weighted by Crippen LogP contribution is -2.16. The number of anilines is 1. The van der Waals surface area contributed by atoms with E-state index in [0.717, 1.165) is 11.1 Å². The number of rotatable bonds is 7. The first-order valence-corrected chi connectivity index (χ1v) is 12.5. The molecular weight excluding hydrogens is 515 g/mol. The van der Waals surface area contributed by atoms with Crippen LogP contribution in [0.15, 0.2) is 59.1 Å². The molecule has 0 aliphatic carbocycles. The van der Waals surface area contributed by atoms with Crippen molar-refractivity contribution in [3.63, 3.8) is 0 Å². The Labute approximate surface area is 214 Å². The van der Waals surface area contributed by atoms with E-state index >= 15 is 0 Å². The lowest BCUT2D eigenvalue weighted by molar-refractivity contribution is -0.113. The fourth-order valence-electron chi connectivity index (χ4n) is 3.20. The Morgan fingerprint density at radius 2 is 1.85 bits per heavy atom. The average molecular weight is 533 g/mol. The van der Waals surface area contributed by atoms with Crippen LogP contribution in [0.2, 0.25) is 10.0 Å². The zero-order valence-electron chi connectivity index (χ0n) is 18.0. The van der Waals surface area contributed by atoms with Crippen molar-refractivity contribution >= 4 is 63.2 Å². The van der Waals surface area contributed by atoms with E-state index in [-0.39, 0.29) is 11.7 Å². The molecule has 4 rings (SSSR count). The summed E-state index contributed by atoms with van der Waals surface area (Å²) in [5.41, 5.74) is 2.66. The molecule has 34 heavy (non-hydrogen) atoms. The maximum atomic E-state index is 12.7. The molecule has 0 bridgehead atoms. The molecule has 0 atom stereocenters. The van der Waals surface area contributed by atoms with Crippen molar-refractivity contribution in [1.82, 2.24) is 14.8 Å². The van der Waals surface area contributed by atoms with Gasteiger partial charge in [0.1, 0.15) is 10.6 Å². The zero-order chi connectivity index (χ0) is 24.2. The number of thioether (sulfide) groups is 1. The van der Waals surface area contributed by atoms with Crippen LogP contribution in [0.5, 0.6) is 0 Å². The van der Waals surface area contributed by atoms with E-state index in [1.165, 1.54) is 30.2 Å². The summed E-state index contributed by atoms with van der Waals surface area (Å²) < 4.78 is 6.73. The summed E-state index contributed by atoms with van der Waals surface area (Å²) in [5, 5.41) is 14.9. The minimum absolute atomic E-state index is 0.0759. The molecule has 0 aliphatic heterocycles. The highest BCUT2D eigenvalue weighted by Gasteiger charge is 2.22. The van der Waals surface area contributed by atoms with Crippen LogP contribution in [0.4, 0.5) is 5.00 Å². The fraction of sp³-hybridized carbons (Fsp3) is 0.130. The van der Waals surface area contributed by atoms with Crippen LogP contribution in [0.3, 0.4) is 0 Å². The number of nitrogens with zero attached hydrogens (tertiary/aromatic N) is 3. The number of esters is 1. The van der Waals surface area contributed by atoms with E-state index in [9.17, 15) is 9.59 Å². The summed E-state index contributed by atoms with van der Waals surface area (Å²) >= 11 is 14.6. The highest BCUT2D eigenvalue weighted by Crippen LogP contribution is 2.36. The third-order valence-electron chi connectivity index (χ3n) is 4.86. The van der Waals surface area contributed by atoms with Gasteiger partial charge in [0.15, 0.2) is 11.0 Å². The standard InChI is InChI=1S/C23H18Cl2N4O3S2/c1-29-20(14-8-9-16(24)17(25)10-14)27-28-23(29)34-12-18(30)26-21-19(22(31)32-2)15(11-33-21)13-6-4-3-5-7-13/h3-11H,12H2,1-2H3,(H,26,30). The van der Waals surface area contributed by atoms with Crippen LogP contribution in [-0.2, 0) is 16.6 Å². The highest BCUT2D eigenvalue weighted by atomic mass is 35.5. The third-order valence-corrected chi connectivity index (χ3v) is 7.52. The molecule has 7 nitrogen and oxygen atoms in total. The van der Waals surface area contributed by atoms with Gasteiger partial charge in [0.25, 0.3) is 0 Å². The van der Waals surface area contributed by atoms with Gasteiger partial charge < -0.3 is 14.6 Å². The first-order chi connectivity index (χ1) is 16.4. The minimum Gasteiger partial charge on any atom is -0.465 e. The number of nitrogens with one attached hydrogen (secondary N) is 1. The number of amides is 1. The molecule has 2 heterocycles. The molecule has 0 fully saturated rings. The summed E-state index contributed by atoms with van der Waals surface area (Å²) in [6.45, 7) is 0. The van der Waals surface area contributed by atoms with E-state index in [4.69, 9.17) is 27.9 Å². The van der Waals surface area contributed by atoms with Gasteiger partial charge in [-0.3, -0.25) is 4.79 Å². The molecule has 0 radical (unpaired) electrons. The van der Waals surface area contributed by atoms with Crippen molar-refractivity contribution in [2.45, 2.75) is 5.16 Å². The Balaban J connectivity index is 1.48. The molecule has 1 N–H and O–H groups in total. The summed E-state index contributed by atoms with van der Waals surface area (Å²) in [6.07, 6.45) is 0. The Hall–Kier alpha value is -2.85. The highest BCUT2D eigenvalue weighted by molar-refractivity contribution is 7.99. The van der Waals surface area contributed by atoms with E-state index in [1.54, 1.807) is 29.8 Å². The van der Waals surface area contributed by atoms with Crippen molar-refractivity contribution in [3.05, 3.63) is 69.5 Å². The van der Waals surface area contributed by atoms with Crippen molar-refractivity contribution in [2.24, 2.45) is 7.05 Å². The Bertz CT molecular complexity index is 1360. The molecular formula is C23H18Cl2N4O3S2. The molecule has 0 unspecified atom stereocenters. The van der Waals surface area contributed by atoms with E-state index in [1.807, 2.05) is 35.7 Å². The molecule has 2 aromatic heterocycles. The van der Waals surface area contributed by atoms with Gasteiger partial charge in [-0.2, -0.15) is 0 Å². The van der Waals surface area contributed by atoms with Gasteiger partial charge in [-0.15, -0.1) is 21.5 Å². The Morgan fingerprint density at radius 3 is 2.56 bits per heavy atom. The lowest BCUT2D eigenvalue weighted by atomic mass is 10.0. The fourth-order valence-corrected chi connectivity index (χ4v) is 5.19. The molecule has 0 aliphatic rings. The summed E-state index contributed by atoms with van der Waals surface area (Å²) in [4.78, 5) is 25.2. The molecule has 11 heteroatoms. The summed E-state index contributed by atoms with van der Waals surface area (Å²) in [7, 11) is 3.12. The summed E-state index contributed by atoms with van der Waals surface area (Å²) in [5.74, 6) is -0.120. The Morgan fingerprint density at radius 1 is 1.09 bits per heavy atom. The monoisotopic (exact) mass is 532 g/mol. The van der Waals surface area contributed by atoms with Crippen molar-refractivity contribution < 1.29 is 14.3 Å². The van der Waals surface area contributed by atoms with Crippen molar-refractivity contribution in [2.75, 3.05) is 18.2 Å². The van der Waals surface area contributed by atoms with E-state index in [0.29, 0.717) is 37.2 Å². The number of aromatic nitrogens is 3. The second-order valence-electron chi connectivity index (χ2n) is 7.04. The van der Waals surface area contributed by atoms with Crippen LogP contribution < -0.4 is 5.32 Å². The number of ether oxygens (including phenoxy) is 1. The van der Waals surface area contributed by atoms with Gasteiger partial charge in [0.2, 0.25) is 5.91 Å². The number of thiophene rings is 1. The zero-order valence-corrected chi connectivity index (χ0v) is 21.2. The molecule has 0 saturated carbocycles. The smallest absolute Gasteiger partial charge is 0.341 e. The average Bonchev–Trinajstić information content (AvgIpc) is 3.43. The number of benzene rings is 2. The maximum Gasteiger partial charge on any atom is 0.341 e. The number of hydrogen-bond acceptors (Lipinski definition) is 7. The first kappa shape index (κ1) is 24.3. The quantitative estimate of drug-likeness (QED) is 0.231. The van der Waals surface area contributed by atoms with Crippen LogP contribution in [0, 0.1) is 0 Å². The lowest BCUT2D eigenvalue weighted by Gasteiger charge is -2.08. The van der Waals surface area contributed by atoms with Crippen molar-refractivity contribution in [1.29, 1.82) is 0 Å². The van der Waals surface area contributed by atoms with E-state index < -0.39 is 5.97 Å². The van der Waals surface area contributed by atoms with Crippen molar-refractivity contribution in [3.8, 4) is 22.5 Å². The SMILES string of the molecule is COC(=O)c1c(-c2ccccc2)csc1NC(=O)CSc1nnc(-c2ccc(Cl)c(Cl)c2)n1C. The molecule has 2 aromatic carbocycles. The van der Waals surface area contributed by atoms with Gasteiger partial charge in [0.05, 0.1) is 22.9 Å². The van der Waals surface area contributed by atoms with Crippen LogP contribution in [0.1, 0.15) is 10.4 Å². The molecule has 0 saturated heterocycles. The van der Waals surface area contributed by atoms with Gasteiger partial charge in [0, 0.05) is 23.6 Å².